The number of aromatic nitrogens is 2. The maximum absolute atomic E-state index is 13.6. The second-order valence-corrected chi connectivity index (χ2v) is 5.76. The molecular formula is C15H12BrFN2O2. The molecule has 108 valence electrons. The maximum Gasteiger partial charge on any atom is 0.323 e. The van der Waals surface area contributed by atoms with Gasteiger partial charge < -0.3 is 15.1 Å². The van der Waals surface area contributed by atoms with E-state index in [2.05, 4.69) is 25.9 Å². The third-order valence-electron chi connectivity index (χ3n) is 3.44. The van der Waals surface area contributed by atoms with Gasteiger partial charge in [0, 0.05) is 10.0 Å². The van der Waals surface area contributed by atoms with E-state index in [0.717, 1.165) is 0 Å². The van der Waals surface area contributed by atoms with E-state index in [1.807, 2.05) is 0 Å². The molecule has 1 atom stereocenters. The predicted molar refractivity (Wildman–Crippen MR) is 81.8 cm³/mol. The minimum absolute atomic E-state index is 0.315. The van der Waals surface area contributed by atoms with Gasteiger partial charge in [0.15, 0.2) is 0 Å². The Morgan fingerprint density at radius 2 is 1.86 bits per heavy atom. The van der Waals surface area contributed by atoms with Crippen molar-refractivity contribution in [3.8, 4) is 0 Å². The summed E-state index contributed by atoms with van der Waals surface area (Å²) in [5.74, 6) is -0.362. The zero-order valence-corrected chi connectivity index (χ0v) is 12.7. The van der Waals surface area contributed by atoms with Gasteiger partial charge in [-0.3, -0.25) is 0 Å². The molecule has 0 bridgehead atoms. The fraction of sp³-hybridized carbons (Fsp3) is 0.133. The highest BCUT2D eigenvalue weighted by Crippen LogP contribution is 2.31. The molecule has 1 heterocycles. The van der Waals surface area contributed by atoms with Crippen molar-refractivity contribution in [1.29, 1.82) is 0 Å². The van der Waals surface area contributed by atoms with Gasteiger partial charge in [-0.25, -0.2) is 9.18 Å². The van der Waals surface area contributed by atoms with Gasteiger partial charge in [-0.2, -0.15) is 0 Å². The second kappa shape index (κ2) is 5.13. The molecule has 3 rings (SSSR count). The molecular weight excluding hydrogens is 339 g/mol. The number of halogens is 2. The molecule has 0 saturated carbocycles. The molecule has 0 aliphatic rings. The van der Waals surface area contributed by atoms with E-state index >= 15 is 0 Å². The van der Waals surface area contributed by atoms with Crippen LogP contribution in [0.25, 0.3) is 11.0 Å². The lowest BCUT2D eigenvalue weighted by Crippen LogP contribution is -2.02. The average Bonchev–Trinajstić information content (AvgIpc) is 2.79. The summed E-state index contributed by atoms with van der Waals surface area (Å²) in [4.78, 5) is 16.6. The lowest BCUT2D eigenvalue weighted by molar-refractivity contribution is 0.219. The summed E-state index contributed by atoms with van der Waals surface area (Å²) in [7, 11) is 0. The fourth-order valence-corrected chi connectivity index (χ4v) is 2.80. The minimum atomic E-state index is -0.989. The summed E-state index contributed by atoms with van der Waals surface area (Å²) in [6.07, 6.45) is -0.989. The van der Waals surface area contributed by atoms with Gasteiger partial charge in [0.25, 0.3) is 0 Å². The first-order chi connectivity index (χ1) is 9.95. The van der Waals surface area contributed by atoms with Crippen LogP contribution in [0.5, 0.6) is 0 Å². The molecule has 0 aliphatic heterocycles. The summed E-state index contributed by atoms with van der Waals surface area (Å²) in [6.45, 7) is 1.66. The molecule has 0 aliphatic carbocycles. The van der Waals surface area contributed by atoms with Crippen molar-refractivity contribution >= 4 is 27.0 Å². The van der Waals surface area contributed by atoms with Crippen LogP contribution in [0, 0.1) is 12.7 Å². The number of rotatable bonds is 2. The molecule has 3 aromatic rings. The lowest BCUT2D eigenvalue weighted by atomic mass is 10.00. The number of aromatic amines is 2. The van der Waals surface area contributed by atoms with Crippen LogP contribution in [-0.2, 0) is 0 Å². The van der Waals surface area contributed by atoms with E-state index in [-0.39, 0.29) is 11.5 Å². The summed E-state index contributed by atoms with van der Waals surface area (Å²) in [5.41, 5.74) is 2.44. The highest BCUT2D eigenvalue weighted by molar-refractivity contribution is 9.10. The SMILES string of the molecule is Cc1ccc(C(O)c2cc3[nH]c(=O)[nH]c3cc2Br)cc1F. The number of hydrogen-bond donors (Lipinski definition) is 3. The Bertz CT molecular complexity index is 885. The topological polar surface area (TPSA) is 68.9 Å². The smallest absolute Gasteiger partial charge is 0.323 e. The van der Waals surface area contributed by atoms with E-state index in [0.29, 0.717) is 32.2 Å². The number of benzene rings is 2. The highest BCUT2D eigenvalue weighted by atomic mass is 79.9. The number of nitrogens with one attached hydrogen (secondary N) is 2. The first-order valence-corrected chi connectivity index (χ1v) is 7.10. The summed E-state index contributed by atoms with van der Waals surface area (Å²) in [6, 6.07) is 7.99. The van der Waals surface area contributed by atoms with Crippen LogP contribution in [0.3, 0.4) is 0 Å². The van der Waals surface area contributed by atoms with Crippen molar-refractivity contribution in [2.45, 2.75) is 13.0 Å². The van der Waals surface area contributed by atoms with Gasteiger partial charge in [0.05, 0.1) is 11.0 Å². The van der Waals surface area contributed by atoms with Crippen LogP contribution in [0.2, 0.25) is 0 Å². The van der Waals surface area contributed by atoms with Crippen molar-refractivity contribution in [3.05, 3.63) is 67.8 Å². The molecule has 4 nitrogen and oxygen atoms in total. The van der Waals surface area contributed by atoms with Crippen molar-refractivity contribution < 1.29 is 9.50 Å². The number of aliphatic hydroxyl groups is 1. The molecule has 2 aromatic carbocycles. The van der Waals surface area contributed by atoms with Crippen LogP contribution in [0.4, 0.5) is 4.39 Å². The number of imidazole rings is 1. The van der Waals surface area contributed by atoms with Crippen LogP contribution in [0.15, 0.2) is 39.6 Å². The zero-order chi connectivity index (χ0) is 15.1. The van der Waals surface area contributed by atoms with E-state index < -0.39 is 6.10 Å². The molecule has 0 saturated heterocycles. The molecule has 3 N–H and O–H groups in total. The van der Waals surface area contributed by atoms with Gasteiger partial charge in [0.1, 0.15) is 11.9 Å². The Labute approximate surface area is 127 Å². The molecule has 0 fully saturated rings. The zero-order valence-electron chi connectivity index (χ0n) is 11.1. The van der Waals surface area contributed by atoms with Crippen molar-refractivity contribution in [2.75, 3.05) is 0 Å². The van der Waals surface area contributed by atoms with Gasteiger partial charge >= 0.3 is 5.69 Å². The Balaban J connectivity index is 2.11. The molecule has 0 spiro atoms. The number of fused-ring (bicyclic) bond motifs is 1. The number of H-pyrrole nitrogens is 2. The maximum atomic E-state index is 13.6. The number of aliphatic hydroxyl groups excluding tert-OH is 1. The van der Waals surface area contributed by atoms with Gasteiger partial charge in [0.2, 0.25) is 0 Å². The molecule has 1 aromatic heterocycles. The normalized spacial score (nSPS) is 12.8. The van der Waals surface area contributed by atoms with Crippen LogP contribution < -0.4 is 5.69 Å². The molecule has 0 radical (unpaired) electrons. The molecule has 0 amide bonds. The van der Waals surface area contributed by atoms with Crippen LogP contribution in [-0.4, -0.2) is 15.1 Å². The Morgan fingerprint density at radius 3 is 2.52 bits per heavy atom. The average molecular weight is 351 g/mol. The first kappa shape index (κ1) is 14.0. The quantitative estimate of drug-likeness (QED) is 0.664. The van der Waals surface area contributed by atoms with Gasteiger partial charge in [-0.05, 0) is 36.2 Å². The van der Waals surface area contributed by atoms with Crippen molar-refractivity contribution in [3.63, 3.8) is 0 Å². The molecule has 1 unspecified atom stereocenters. The first-order valence-electron chi connectivity index (χ1n) is 6.31. The second-order valence-electron chi connectivity index (χ2n) is 4.91. The third kappa shape index (κ3) is 2.52. The van der Waals surface area contributed by atoms with E-state index in [1.54, 1.807) is 31.2 Å². The largest absolute Gasteiger partial charge is 0.384 e. The van der Waals surface area contributed by atoms with Gasteiger partial charge in [-0.15, -0.1) is 0 Å². The standard InChI is InChI=1S/C15H12BrFN2O2/c1-7-2-3-8(4-11(7)17)14(20)9-5-12-13(6-10(9)16)19-15(21)18-12/h2-6,14,20H,1H3,(H2,18,19,21). The Morgan fingerprint density at radius 1 is 1.19 bits per heavy atom. The highest BCUT2D eigenvalue weighted by Gasteiger charge is 2.16. The van der Waals surface area contributed by atoms with Crippen molar-refractivity contribution in [2.24, 2.45) is 0 Å². The summed E-state index contributed by atoms with van der Waals surface area (Å²) in [5, 5.41) is 10.5. The van der Waals surface area contributed by atoms with Gasteiger partial charge in [-0.1, -0.05) is 28.1 Å². The minimum Gasteiger partial charge on any atom is -0.384 e. The van der Waals surface area contributed by atoms with E-state index in [9.17, 15) is 14.3 Å². The molecule has 6 heteroatoms. The van der Waals surface area contributed by atoms with E-state index in [4.69, 9.17) is 0 Å². The Hall–Kier alpha value is -1.92. The van der Waals surface area contributed by atoms with Crippen LogP contribution in [0.1, 0.15) is 22.8 Å². The molecule has 21 heavy (non-hydrogen) atoms. The van der Waals surface area contributed by atoms with Crippen LogP contribution >= 0.6 is 15.9 Å². The van der Waals surface area contributed by atoms with E-state index in [1.165, 1.54) is 6.07 Å². The lowest BCUT2D eigenvalue weighted by Gasteiger charge is -2.14. The monoisotopic (exact) mass is 350 g/mol. The number of aryl methyl sites for hydroxylation is 1. The number of hydrogen-bond acceptors (Lipinski definition) is 2. The predicted octanol–water partition coefficient (Wildman–Crippen LogP) is 3.15. The third-order valence-corrected chi connectivity index (χ3v) is 4.13. The Kier molecular flexibility index (Phi) is 3.43. The fourth-order valence-electron chi connectivity index (χ4n) is 2.24. The summed E-state index contributed by atoms with van der Waals surface area (Å²) < 4.78 is 14.3. The van der Waals surface area contributed by atoms with Crippen molar-refractivity contribution in [1.82, 2.24) is 9.97 Å². The summed E-state index contributed by atoms with van der Waals surface area (Å²) >= 11 is 3.37.